The highest BCUT2D eigenvalue weighted by molar-refractivity contribution is 5.53. The Bertz CT molecular complexity index is 154. The van der Waals surface area contributed by atoms with E-state index in [0.717, 1.165) is 12.8 Å². The molecule has 0 aromatic heterocycles. The maximum atomic E-state index is 10.9. The molecule has 0 fully saturated rings. The lowest BCUT2D eigenvalue weighted by Gasteiger charge is -2.09. The molecule has 0 N–H and O–H groups in total. The molecular formula is C16H32O. The molecule has 0 aliphatic heterocycles. The van der Waals surface area contributed by atoms with E-state index < -0.39 is 0 Å². The Hall–Kier alpha value is -0.330. The van der Waals surface area contributed by atoms with Crippen molar-refractivity contribution in [3.05, 3.63) is 0 Å². The van der Waals surface area contributed by atoms with Crippen molar-refractivity contribution >= 4 is 6.29 Å². The summed E-state index contributed by atoms with van der Waals surface area (Å²) in [6.07, 6.45) is 16.6. The summed E-state index contributed by atoms with van der Waals surface area (Å²) in [7, 11) is 0. The van der Waals surface area contributed by atoms with Gasteiger partial charge in [-0.1, -0.05) is 78.1 Å². The van der Waals surface area contributed by atoms with Gasteiger partial charge in [-0.05, 0) is 12.8 Å². The summed E-state index contributed by atoms with van der Waals surface area (Å²) in [5.41, 5.74) is 0. The van der Waals surface area contributed by atoms with Gasteiger partial charge in [0.15, 0.2) is 0 Å². The molecule has 1 atom stereocenters. The highest BCUT2D eigenvalue weighted by Crippen LogP contribution is 2.16. The minimum Gasteiger partial charge on any atom is -0.303 e. The van der Waals surface area contributed by atoms with E-state index in [1.54, 1.807) is 0 Å². The van der Waals surface area contributed by atoms with Crippen LogP contribution in [0.15, 0.2) is 0 Å². The summed E-state index contributed by atoms with van der Waals surface area (Å²) in [6.45, 7) is 4.48. The zero-order valence-electron chi connectivity index (χ0n) is 12.0. The molecule has 102 valence electrons. The minimum absolute atomic E-state index is 0.345. The summed E-state index contributed by atoms with van der Waals surface area (Å²) < 4.78 is 0. The topological polar surface area (TPSA) is 17.1 Å². The molecule has 0 aliphatic rings. The van der Waals surface area contributed by atoms with Gasteiger partial charge in [0.2, 0.25) is 0 Å². The average Bonchev–Trinajstić information content (AvgIpc) is 2.36. The molecule has 1 unspecified atom stereocenters. The van der Waals surface area contributed by atoms with Crippen molar-refractivity contribution < 1.29 is 4.79 Å². The number of hydrogen-bond acceptors (Lipinski definition) is 1. The first kappa shape index (κ1) is 16.7. The highest BCUT2D eigenvalue weighted by Gasteiger charge is 2.06. The lowest BCUT2D eigenvalue weighted by atomic mass is 9.95. The predicted molar refractivity (Wildman–Crippen MR) is 76.3 cm³/mol. The van der Waals surface area contributed by atoms with Crippen LogP contribution in [0.5, 0.6) is 0 Å². The fraction of sp³-hybridized carbons (Fsp3) is 0.938. The number of unbranched alkanes of at least 4 members (excludes halogenated alkanes) is 8. The van der Waals surface area contributed by atoms with Gasteiger partial charge in [0, 0.05) is 5.92 Å². The summed E-state index contributed by atoms with van der Waals surface area (Å²) in [4.78, 5) is 10.9. The van der Waals surface area contributed by atoms with Gasteiger partial charge < -0.3 is 4.79 Å². The van der Waals surface area contributed by atoms with Gasteiger partial charge in [-0.25, -0.2) is 0 Å². The SMILES string of the molecule is CCCCCCCCC(C=O)CCCCCC. The van der Waals surface area contributed by atoms with Gasteiger partial charge in [-0.15, -0.1) is 0 Å². The van der Waals surface area contributed by atoms with Crippen molar-refractivity contribution in [1.29, 1.82) is 0 Å². The maximum absolute atomic E-state index is 10.9. The Labute approximate surface area is 108 Å². The standard InChI is InChI=1S/C16H32O/c1-3-5-7-9-10-12-14-16(15-17)13-11-8-6-4-2/h15-16H,3-14H2,1-2H3. The number of hydrogen-bond donors (Lipinski definition) is 0. The third-order valence-electron chi connectivity index (χ3n) is 3.55. The summed E-state index contributed by atoms with van der Waals surface area (Å²) in [5.74, 6) is 0.345. The molecule has 0 aromatic rings. The fourth-order valence-electron chi connectivity index (χ4n) is 2.30. The molecule has 0 spiro atoms. The van der Waals surface area contributed by atoms with Crippen LogP contribution in [0.2, 0.25) is 0 Å². The third-order valence-corrected chi connectivity index (χ3v) is 3.55. The van der Waals surface area contributed by atoms with Gasteiger partial charge in [-0.3, -0.25) is 0 Å². The molecule has 0 bridgehead atoms. The first-order valence-corrected chi connectivity index (χ1v) is 7.80. The predicted octanol–water partition coefficient (Wildman–Crippen LogP) is 5.52. The second-order valence-corrected chi connectivity index (χ2v) is 5.30. The van der Waals surface area contributed by atoms with Gasteiger partial charge in [0.1, 0.15) is 6.29 Å². The second-order valence-electron chi connectivity index (χ2n) is 5.30. The average molecular weight is 240 g/mol. The monoisotopic (exact) mass is 240 g/mol. The molecule has 1 nitrogen and oxygen atoms in total. The lowest BCUT2D eigenvalue weighted by Crippen LogP contribution is -2.02. The maximum Gasteiger partial charge on any atom is 0.123 e. The Balaban J connectivity index is 3.32. The van der Waals surface area contributed by atoms with Crippen molar-refractivity contribution in [2.45, 2.75) is 90.9 Å². The molecule has 1 heteroatoms. The van der Waals surface area contributed by atoms with E-state index in [0.29, 0.717) is 5.92 Å². The number of rotatable bonds is 13. The molecular weight excluding hydrogens is 208 g/mol. The van der Waals surface area contributed by atoms with Gasteiger partial charge in [0.05, 0.1) is 0 Å². The number of aldehydes is 1. The van der Waals surface area contributed by atoms with Crippen molar-refractivity contribution in [2.24, 2.45) is 5.92 Å². The zero-order valence-corrected chi connectivity index (χ0v) is 12.0. The smallest absolute Gasteiger partial charge is 0.123 e. The molecule has 0 amide bonds. The Morgan fingerprint density at radius 3 is 1.59 bits per heavy atom. The largest absolute Gasteiger partial charge is 0.303 e. The summed E-state index contributed by atoms with van der Waals surface area (Å²) in [6, 6.07) is 0. The molecule has 0 rings (SSSR count). The molecule has 0 radical (unpaired) electrons. The first-order chi connectivity index (χ1) is 8.35. The molecule has 0 aromatic carbocycles. The number of carbonyl (C=O) groups is 1. The van der Waals surface area contributed by atoms with Gasteiger partial charge >= 0.3 is 0 Å². The summed E-state index contributed by atoms with van der Waals surface area (Å²) in [5, 5.41) is 0. The van der Waals surface area contributed by atoms with E-state index in [2.05, 4.69) is 13.8 Å². The van der Waals surface area contributed by atoms with Crippen LogP contribution in [-0.4, -0.2) is 6.29 Å². The van der Waals surface area contributed by atoms with E-state index in [1.165, 1.54) is 70.5 Å². The fourth-order valence-corrected chi connectivity index (χ4v) is 2.30. The van der Waals surface area contributed by atoms with Crippen LogP contribution in [0.1, 0.15) is 90.9 Å². The first-order valence-electron chi connectivity index (χ1n) is 7.80. The Morgan fingerprint density at radius 2 is 1.12 bits per heavy atom. The lowest BCUT2D eigenvalue weighted by molar-refractivity contribution is -0.111. The molecule has 0 saturated carbocycles. The van der Waals surface area contributed by atoms with Crippen molar-refractivity contribution in [1.82, 2.24) is 0 Å². The van der Waals surface area contributed by atoms with Crippen LogP contribution in [0.25, 0.3) is 0 Å². The van der Waals surface area contributed by atoms with Crippen molar-refractivity contribution in [3.8, 4) is 0 Å². The van der Waals surface area contributed by atoms with Crippen molar-refractivity contribution in [2.75, 3.05) is 0 Å². The van der Waals surface area contributed by atoms with Crippen LogP contribution >= 0.6 is 0 Å². The normalized spacial score (nSPS) is 12.6. The van der Waals surface area contributed by atoms with E-state index in [9.17, 15) is 4.79 Å². The Morgan fingerprint density at radius 1 is 0.706 bits per heavy atom. The van der Waals surface area contributed by atoms with Gasteiger partial charge in [-0.2, -0.15) is 0 Å². The zero-order chi connectivity index (χ0) is 12.8. The van der Waals surface area contributed by atoms with E-state index in [4.69, 9.17) is 0 Å². The van der Waals surface area contributed by atoms with E-state index in [-0.39, 0.29) is 0 Å². The molecule has 0 aliphatic carbocycles. The molecule has 0 saturated heterocycles. The molecule has 0 heterocycles. The van der Waals surface area contributed by atoms with Crippen LogP contribution < -0.4 is 0 Å². The van der Waals surface area contributed by atoms with E-state index in [1.807, 2.05) is 0 Å². The van der Waals surface area contributed by atoms with Crippen LogP contribution in [0, 0.1) is 5.92 Å². The molecule has 17 heavy (non-hydrogen) atoms. The van der Waals surface area contributed by atoms with Crippen LogP contribution in [0.4, 0.5) is 0 Å². The van der Waals surface area contributed by atoms with Crippen LogP contribution in [-0.2, 0) is 4.79 Å². The minimum atomic E-state index is 0.345. The second kappa shape index (κ2) is 13.7. The van der Waals surface area contributed by atoms with E-state index >= 15 is 0 Å². The summed E-state index contributed by atoms with van der Waals surface area (Å²) >= 11 is 0. The third kappa shape index (κ3) is 11.9. The Kier molecular flexibility index (Phi) is 13.5. The van der Waals surface area contributed by atoms with Gasteiger partial charge in [0.25, 0.3) is 0 Å². The quantitative estimate of drug-likeness (QED) is 0.306. The van der Waals surface area contributed by atoms with Crippen molar-refractivity contribution in [3.63, 3.8) is 0 Å². The number of carbonyl (C=O) groups excluding carboxylic acids is 1. The highest BCUT2D eigenvalue weighted by atomic mass is 16.1. The van der Waals surface area contributed by atoms with Crippen LogP contribution in [0.3, 0.4) is 0 Å².